The van der Waals surface area contributed by atoms with Crippen molar-refractivity contribution in [3.63, 3.8) is 0 Å². The van der Waals surface area contributed by atoms with Gasteiger partial charge in [0, 0.05) is 11.1 Å². The molecule has 3 aromatic rings. The average Bonchev–Trinajstić information content (AvgIpc) is 2.50. The van der Waals surface area contributed by atoms with Gasteiger partial charge in [-0.25, -0.2) is 9.97 Å². The smallest absolute Gasteiger partial charge is 0.156 e. The monoisotopic (exact) mass is 314 g/mol. The molecule has 1 heterocycles. The Hall–Kier alpha value is -1.90. The molecule has 4 heteroatoms. The van der Waals surface area contributed by atoms with Gasteiger partial charge >= 0.3 is 0 Å². The van der Waals surface area contributed by atoms with Crippen LogP contribution in [0.15, 0.2) is 54.6 Å². The van der Waals surface area contributed by atoms with Gasteiger partial charge in [-0.15, -0.1) is 0 Å². The molecular formula is C17H12Cl2N2. The van der Waals surface area contributed by atoms with E-state index in [9.17, 15) is 0 Å². The molecule has 0 aliphatic heterocycles. The summed E-state index contributed by atoms with van der Waals surface area (Å²) in [6.45, 7) is 2.02. The van der Waals surface area contributed by atoms with Crippen LogP contribution in [0.25, 0.3) is 22.5 Å². The molecule has 0 aliphatic carbocycles. The first-order chi connectivity index (χ1) is 10.1. The van der Waals surface area contributed by atoms with Crippen LogP contribution in [0.3, 0.4) is 0 Å². The van der Waals surface area contributed by atoms with E-state index in [-0.39, 0.29) is 0 Å². The van der Waals surface area contributed by atoms with E-state index in [0.29, 0.717) is 21.7 Å². The van der Waals surface area contributed by atoms with Crippen molar-refractivity contribution in [3.05, 3.63) is 70.5 Å². The molecular weight excluding hydrogens is 303 g/mol. The summed E-state index contributed by atoms with van der Waals surface area (Å²) in [6, 6.07) is 17.6. The summed E-state index contributed by atoms with van der Waals surface area (Å²) in [5.74, 6) is 0. The molecule has 0 radical (unpaired) electrons. The van der Waals surface area contributed by atoms with Gasteiger partial charge in [-0.05, 0) is 13.0 Å². The zero-order valence-electron chi connectivity index (χ0n) is 11.3. The normalized spacial score (nSPS) is 10.6. The number of rotatable bonds is 2. The maximum absolute atomic E-state index is 6.31. The second kappa shape index (κ2) is 5.84. The van der Waals surface area contributed by atoms with Gasteiger partial charge < -0.3 is 0 Å². The molecule has 0 fully saturated rings. The van der Waals surface area contributed by atoms with Gasteiger partial charge in [0.2, 0.25) is 0 Å². The third kappa shape index (κ3) is 2.92. The molecule has 2 nitrogen and oxygen atoms in total. The Morgan fingerprint density at radius 2 is 1.29 bits per heavy atom. The summed E-state index contributed by atoms with van der Waals surface area (Å²) < 4.78 is 0. The standard InChI is InChI=1S/C17H12Cl2N2/c1-11-6-5-9-13(10-11)15-17(19)20-14(16(18)21-15)12-7-3-2-4-8-12/h2-10H,1H3. The highest BCUT2D eigenvalue weighted by Crippen LogP contribution is 2.32. The van der Waals surface area contributed by atoms with E-state index >= 15 is 0 Å². The number of aromatic nitrogens is 2. The second-order valence-electron chi connectivity index (χ2n) is 4.74. The Bertz CT molecular complexity index is 786. The van der Waals surface area contributed by atoms with Crippen LogP contribution in [0.5, 0.6) is 0 Å². The lowest BCUT2D eigenvalue weighted by molar-refractivity contribution is 1.21. The third-order valence-electron chi connectivity index (χ3n) is 3.15. The molecule has 0 N–H and O–H groups in total. The lowest BCUT2D eigenvalue weighted by Crippen LogP contribution is -1.94. The predicted octanol–water partition coefficient (Wildman–Crippen LogP) is 5.43. The molecule has 3 rings (SSSR count). The summed E-state index contributed by atoms with van der Waals surface area (Å²) in [6.07, 6.45) is 0. The Balaban J connectivity index is 2.13. The average molecular weight is 315 g/mol. The molecule has 0 saturated carbocycles. The van der Waals surface area contributed by atoms with Crippen LogP contribution in [-0.4, -0.2) is 9.97 Å². The van der Waals surface area contributed by atoms with Gasteiger partial charge in [-0.2, -0.15) is 0 Å². The van der Waals surface area contributed by atoms with Crippen LogP contribution in [0.2, 0.25) is 10.3 Å². The third-order valence-corrected chi connectivity index (χ3v) is 3.68. The lowest BCUT2D eigenvalue weighted by atomic mass is 10.1. The van der Waals surface area contributed by atoms with Crippen LogP contribution < -0.4 is 0 Å². The van der Waals surface area contributed by atoms with Gasteiger partial charge in [0.15, 0.2) is 10.3 Å². The zero-order valence-corrected chi connectivity index (χ0v) is 12.9. The van der Waals surface area contributed by atoms with Crippen molar-refractivity contribution < 1.29 is 0 Å². The van der Waals surface area contributed by atoms with E-state index in [1.807, 2.05) is 61.5 Å². The number of hydrogen-bond acceptors (Lipinski definition) is 2. The quantitative estimate of drug-likeness (QED) is 0.630. The van der Waals surface area contributed by atoms with Crippen LogP contribution in [0, 0.1) is 6.92 Å². The molecule has 0 saturated heterocycles. The molecule has 1 aromatic heterocycles. The number of halogens is 2. The van der Waals surface area contributed by atoms with E-state index in [1.165, 1.54) is 0 Å². The van der Waals surface area contributed by atoms with Gasteiger partial charge in [0.1, 0.15) is 11.4 Å². The minimum Gasteiger partial charge on any atom is -0.231 e. The van der Waals surface area contributed by atoms with Crippen LogP contribution >= 0.6 is 23.2 Å². The van der Waals surface area contributed by atoms with Crippen molar-refractivity contribution in [2.75, 3.05) is 0 Å². The Morgan fingerprint density at radius 1 is 0.714 bits per heavy atom. The number of benzene rings is 2. The van der Waals surface area contributed by atoms with Gasteiger partial charge in [0.05, 0.1) is 0 Å². The number of nitrogens with zero attached hydrogens (tertiary/aromatic N) is 2. The van der Waals surface area contributed by atoms with Crippen LogP contribution in [-0.2, 0) is 0 Å². The Kier molecular flexibility index (Phi) is 3.91. The first-order valence-electron chi connectivity index (χ1n) is 6.50. The highest BCUT2D eigenvalue weighted by molar-refractivity contribution is 6.34. The Labute approximate surface area is 133 Å². The molecule has 21 heavy (non-hydrogen) atoms. The first-order valence-corrected chi connectivity index (χ1v) is 7.26. The van der Waals surface area contributed by atoms with E-state index < -0.39 is 0 Å². The molecule has 104 valence electrons. The van der Waals surface area contributed by atoms with Crippen molar-refractivity contribution in [2.45, 2.75) is 6.92 Å². The summed E-state index contributed by atoms with van der Waals surface area (Å²) >= 11 is 12.6. The molecule has 0 spiro atoms. The topological polar surface area (TPSA) is 25.8 Å². The minimum atomic E-state index is 0.349. The highest BCUT2D eigenvalue weighted by atomic mass is 35.5. The molecule has 0 amide bonds. The van der Waals surface area contributed by atoms with E-state index in [4.69, 9.17) is 23.2 Å². The summed E-state index contributed by atoms with van der Waals surface area (Å²) in [7, 11) is 0. The Morgan fingerprint density at radius 3 is 1.90 bits per heavy atom. The van der Waals surface area contributed by atoms with Crippen molar-refractivity contribution in [1.29, 1.82) is 0 Å². The molecule has 0 unspecified atom stereocenters. The van der Waals surface area contributed by atoms with Gasteiger partial charge in [-0.1, -0.05) is 77.3 Å². The fourth-order valence-electron chi connectivity index (χ4n) is 2.15. The minimum absolute atomic E-state index is 0.349. The summed E-state index contributed by atoms with van der Waals surface area (Å²) in [5.41, 5.74) is 4.14. The van der Waals surface area contributed by atoms with Crippen molar-refractivity contribution in [2.24, 2.45) is 0 Å². The molecule has 0 atom stereocenters. The first kappa shape index (κ1) is 14.1. The van der Waals surface area contributed by atoms with Gasteiger partial charge in [0.25, 0.3) is 0 Å². The SMILES string of the molecule is Cc1cccc(-c2nc(Cl)c(-c3ccccc3)nc2Cl)c1. The second-order valence-corrected chi connectivity index (χ2v) is 5.45. The van der Waals surface area contributed by atoms with E-state index in [2.05, 4.69) is 9.97 Å². The number of hydrogen-bond donors (Lipinski definition) is 0. The number of aryl methyl sites for hydroxylation is 1. The maximum Gasteiger partial charge on any atom is 0.156 e. The van der Waals surface area contributed by atoms with Gasteiger partial charge in [-0.3, -0.25) is 0 Å². The maximum atomic E-state index is 6.31. The van der Waals surface area contributed by atoms with Crippen molar-refractivity contribution >= 4 is 23.2 Å². The molecule has 0 aliphatic rings. The highest BCUT2D eigenvalue weighted by Gasteiger charge is 2.14. The summed E-state index contributed by atoms with van der Waals surface area (Å²) in [4.78, 5) is 8.85. The largest absolute Gasteiger partial charge is 0.231 e. The van der Waals surface area contributed by atoms with Crippen molar-refractivity contribution in [3.8, 4) is 22.5 Å². The molecule has 2 aromatic carbocycles. The fraction of sp³-hybridized carbons (Fsp3) is 0.0588. The fourth-order valence-corrected chi connectivity index (χ4v) is 2.62. The zero-order chi connectivity index (χ0) is 14.8. The summed E-state index contributed by atoms with van der Waals surface area (Å²) in [5, 5.41) is 0.700. The predicted molar refractivity (Wildman–Crippen MR) is 87.7 cm³/mol. The van der Waals surface area contributed by atoms with Crippen LogP contribution in [0.4, 0.5) is 0 Å². The van der Waals surface area contributed by atoms with E-state index in [0.717, 1.165) is 16.7 Å². The lowest BCUT2D eigenvalue weighted by Gasteiger charge is -2.09. The van der Waals surface area contributed by atoms with Crippen LogP contribution in [0.1, 0.15) is 5.56 Å². The molecule has 0 bridgehead atoms. The van der Waals surface area contributed by atoms with Crippen molar-refractivity contribution in [1.82, 2.24) is 9.97 Å². The van der Waals surface area contributed by atoms with E-state index in [1.54, 1.807) is 0 Å².